The van der Waals surface area contributed by atoms with Crippen molar-refractivity contribution in [3.63, 3.8) is 0 Å². The van der Waals surface area contributed by atoms with Crippen LogP contribution in [0.25, 0.3) is 0 Å². The average molecular weight is 222 g/mol. The second-order valence-electron chi connectivity index (χ2n) is 4.99. The number of hydrogen-bond donors (Lipinski definition) is 2. The molecule has 88 valence electrons. The van der Waals surface area contributed by atoms with Gasteiger partial charge in [0.25, 0.3) is 0 Å². The Morgan fingerprint density at radius 1 is 1.31 bits per heavy atom. The van der Waals surface area contributed by atoms with Gasteiger partial charge < -0.3 is 10.2 Å². The van der Waals surface area contributed by atoms with Crippen molar-refractivity contribution in [2.45, 2.75) is 39.0 Å². The van der Waals surface area contributed by atoms with Crippen LogP contribution in [0, 0.1) is 0 Å². The summed E-state index contributed by atoms with van der Waals surface area (Å²) in [5.41, 5.74) is 1.91. The number of phenols is 1. The van der Waals surface area contributed by atoms with E-state index in [9.17, 15) is 9.90 Å². The first-order chi connectivity index (χ1) is 7.30. The van der Waals surface area contributed by atoms with E-state index in [4.69, 9.17) is 5.11 Å². The van der Waals surface area contributed by atoms with Gasteiger partial charge in [0.15, 0.2) is 0 Å². The van der Waals surface area contributed by atoms with Gasteiger partial charge in [0, 0.05) is 6.42 Å². The van der Waals surface area contributed by atoms with Crippen molar-refractivity contribution in [3.8, 4) is 5.75 Å². The molecule has 0 spiro atoms. The lowest BCUT2D eigenvalue weighted by Crippen LogP contribution is -2.14. The van der Waals surface area contributed by atoms with Crippen molar-refractivity contribution in [1.82, 2.24) is 0 Å². The van der Waals surface area contributed by atoms with Crippen LogP contribution in [0.15, 0.2) is 18.2 Å². The summed E-state index contributed by atoms with van der Waals surface area (Å²) in [7, 11) is 0. The van der Waals surface area contributed by atoms with Crippen LogP contribution >= 0.6 is 0 Å². The number of carboxylic acids is 1. The monoisotopic (exact) mass is 222 g/mol. The number of rotatable bonds is 3. The molecule has 0 bridgehead atoms. The summed E-state index contributed by atoms with van der Waals surface area (Å²) >= 11 is 0. The number of benzene rings is 1. The number of aliphatic carboxylic acids is 1. The summed E-state index contributed by atoms with van der Waals surface area (Å²) in [6.45, 7) is 6.14. The molecule has 1 aromatic carbocycles. The molecular weight excluding hydrogens is 204 g/mol. The van der Waals surface area contributed by atoms with Gasteiger partial charge in [0.1, 0.15) is 5.75 Å². The number of hydrogen-bond acceptors (Lipinski definition) is 2. The molecule has 3 heteroatoms. The SMILES string of the molecule is CC(C)(C)c1cc(O)ccc1CCC(=O)O. The molecule has 0 amide bonds. The standard InChI is InChI=1S/C13H18O3/c1-13(2,3)11-8-10(14)6-4-9(11)5-7-12(15)16/h4,6,8,14H,5,7H2,1-3H3,(H,15,16). The van der Waals surface area contributed by atoms with Gasteiger partial charge >= 0.3 is 5.97 Å². The lowest BCUT2D eigenvalue weighted by atomic mass is 9.82. The average Bonchev–Trinajstić information content (AvgIpc) is 2.14. The summed E-state index contributed by atoms with van der Waals surface area (Å²) in [6, 6.07) is 5.13. The second kappa shape index (κ2) is 4.56. The Labute approximate surface area is 95.7 Å². The lowest BCUT2D eigenvalue weighted by Gasteiger charge is -2.23. The summed E-state index contributed by atoms with van der Waals surface area (Å²) < 4.78 is 0. The quantitative estimate of drug-likeness (QED) is 0.826. The highest BCUT2D eigenvalue weighted by Gasteiger charge is 2.18. The van der Waals surface area contributed by atoms with Crippen molar-refractivity contribution < 1.29 is 15.0 Å². The van der Waals surface area contributed by atoms with E-state index in [-0.39, 0.29) is 17.6 Å². The minimum absolute atomic E-state index is 0.0907. The summed E-state index contributed by atoms with van der Waals surface area (Å²) in [6.07, 6.45) is 0.621. The van der Waals surface area contributed by atoms with E-state index < -0.39 is 5.97 Å². The predicted octanol–water partition coefficient (Wildman–Crippen LogP) is 2.71. The van der Waals surface area contributed by atoms with E-state index in [1.807, 2.05) is 20.8 Å². The van der Waals surface area contributed by atoms with Crippen LogP contribution in [-0.4, -0.2) is 16.2 Å². The number of carboxylic acid groups (broad SMARTS) is 1. The highest BCUT2D eigenvalue weighted by molar-refractivity contribution is 5.67. The zero-order valence-electron chi connectivity index (χ0n) is 9.95. The molecular formula is C13H18O3. The molecule has 0 aliphatic carbocycles. The van der Waals surface area contributed by atoms with Gasteiger partial charge in [-0.15, -0.1) is 0 Å². The van der Waals surface area contributed by atoms with Crippen LogP contribution in [0.5, 0.6) is 5.75 Å². The molecule has 0 saturated heterocycles. The number of phenolic OH excluding ortho intramolecular Hbond substituents is 1. The molecule has 1 rings (SSSR count). The van der Waals surface area contributed by atoms with Gasteiger partial charge in [-0.3, -0.25) is 4.79 Å². The number of aromatic hydroxyl groups is 1. The molecule has 2 N–H and O–H groups in total. The molecule has 0 heterocycles. The van der Waals surface area contributed by atoms with Crippen molar-refractivity contribution in [1.29, 1.82) is 0 Å². The van der Waals surface area contributed by atoms with Crippen molar-refractivity contribution in [2.75, 3.05) is 0 Å². The molecule has 1 aromatic rings. The van der Waals surface area contributed by atoms with Gasteiger partial charge in [-0.05, 0) is 35.1 Å². The number of aryl methyl sites for hydroxylation is 1. The maximum absolute atomic E-state index is 10.6. The van der Waals surface area contributed by atoms with Gasteiger partial charge in [-0.1, -0.05) is 26.8 Å². The normalized spacial score (nSPS) is 11.4. The maximum atomic E-state index is 10.6. The summed E-state index contributed by atoms with van der Waals surface area (Å²) in [5, 5.41) is 18.1. The fourth-order valence-electron chi connectivity index (χ4n) is 1.72. The van der Waals surface area contributed by atoms with E-state index in [1.54, 1.807) is 18.2 Å². The minimum atomic E-state index is -0.798. The fourth-order valence-corrected chi connectivity index (χ4v) is 1.72. The fraction of sp³-hybridized carbons (Fsp3) is 0.462. The van der Waals surface area contributed by atoms with Crippen molar-refractivity contribution >= 4 is 5.97 Å². The number of carbonyl (C=O) groups is 1. The summed E-state index contributed by atoms with van der Waals surface area (Å²) in [5.74, 6) is -0.572. The Kier molecular flexibility index (Phi) is 3.58. The molecule has 0 aliphatic rings. The van der Waals surface area contributed by atoms with E-state index in [0.29, 0.717) is 6.42 Å². The Bertz CT molecular complexity index is 389. The van der Waals surface area contributed by atoms with Crippen LogP contribution in [0.4, 0.5) is 0 Å². The van der Waals surface area contributed by atoms with Crippen LogP contribution in [0.1, 0.15) is 38.3 Å². The summed E-state index contributed by atoms with van der Waals surface area (Å²) in [4.78, 5) is 10.6. The molecule has 16 heavy (non-hydrogen) atoms. The van der Waals surface area contributed by atoms with Crippen molar-refractivity contribution in [2.24, 2.45) is 0 Å². The highest BCUT2D eigenvalue weighted by atomic mass is 16.4. The van der Waals surface area contributed by atoms with Gasteiger partial charge in [-0.25, -0.2) is 0 Å². The molecule has 0 radical (unpaired) electrons. The molecule has 0 saturated carbocycles. The Hall–Kier alpha value is -1.51. The van der Waals surface area contributed by atoms with Crippen molar-refractivity contribution in [3.05, 3.63) is 29.3 Å². The Morgan fingerprint density at radius 2 is 1.94 bits per heavy atom. The maximum Gasteiger partial charge on any atom is 0.303 e. The zero-order chi connectivity index (χ0) is 12.3. The topological polar surface area (TPSA) is 57.5 Å². The molecule has 0 atom stereocenters. The van der Waals surface area contributed by atoms with Crippen LogP contribution < -0.4 is 0 Å². The van der Waals surface area contributed by atoms with Crippen LogP contribution in [0.2, 0.25) is 0 Å². The molecule has 0 unspecified atom stereocenters. The smallest absolute Gasteiger partial charge is 0.303 e. The van der Waals surface area contributed by atoms with E-state index in [2.05, 4.69) is 0 Å². The predicted molar refractivity (Wildman–Crippen MR) is 62.8 cm³/mol. The third-order valence-electron chi connectivity index (χ3n) is 2.51. The first-order valence-electron chi connectivity index (χ1n) is 5.35. The largest absolute Gasteiger partial charge is 0.508 e. The minimum Gasteiger partial charge on any atom is -0.508 e. The Balaban J connectivity index is 3.03. The Morgan fingerprint density at radius 3 is 2.44 bits per heavy atom. The van der Waals surface area contributed by atoms with E-state index >= 15 is 0 Å². The third kappa shape index (κ3) is 3.26. The second-order valence-corrected chi connectivity index (χ2v) is 4.99. The van der Waals surface area contributed by atoms with Gasteiger partial charge in [0.05, 0.1) is 0 Å². The zero-order valence-corrected chi connectivity index (χ0v) is 9.95. The molecule has 0 fully saturated rings. The van der Waals surface area contributed by atoms with Gasteiger partial charge in [-0.2, -0.15) is 0 Å². The molecule has 3 nitrogen and oxygen atoms in total. The van der Waals surface area contributed by atoms with E-state index in [0.717, 1.165) is 11.1 Å². The molecule has 0 aliphatic heterocycles. The van der Waals surface area contributed by atoms with Crippen LogP contribution in [0.3, 0.4) is 0 Å². The lowest BCUT2D eigenvalue weighted by molar-refractivity contribution is -0.136. The van der Waals surface area contributed by atoms with E-state index in [1.165, 1.54) is 0 Å². The van der Waals surface area contributed by atoms with Gasteiger partial charge in [0.2, 0.25) is 0 Å². The molecule has 0 aromatic heterocycles. The first-order valence-corrected chi connectivity index (χ1v) is 5.35. The van der Waals surface area contributed by atoms with Crippen LogP contribution in [-0.2, 0) is 16.6 Å². The third-order valence-corrected chi connectivity index (χ3v) is 2.51. The highest BCUT2D eigenvalue weighted by Crippen LogP contribution is 2.29. The first kappa shape index (κ1) is 12.6.